The summed E-state index contributed by atoms with van der Waals surface area (Å²) in [5.74, 6) is -1.15. The molecule has 0 bridgehead atoms. The van der Waals surface area contributed by atoms with Gasteiger partial charge in [-0.3, -0.25) is 19.2 Å². The number of nitrogens with one attached hydrogen (secondary N) is 1. The van der Waals surface area contributed by atoms with E-state index >= 15 is 0 Å². The summed E-state index contributed by atoms with van der Waals surface area (Å²) in [6.07, 6.45) is 2.36. The van der Waals surface area contributed by atoms with Crippen LogP contribution in [0.3, 0.4) is 0 Å². The van der Waals surface area contributed by atoms with Crippen molar-refractivity contribution in [3.63, 3.8) is 0 Å². The Morgan fingerprint density at radius 2 is 1.68 bits per heavy atom. The molecule has 3 N–H and O–H groups in total. The van der Waals surface area contributed by atoms with E-state index in [1.807, 2.05) is 37.2 Å². The smallest absolute Gasteiger partial charge is 0.343 e. The summed E-state index contributed by atoms with van der Waals surface area (Å²) in [6, 6.07) is 18.7. The lowest BCUT2D eigenvalue weighted by Crippen LogP contribution is -2.51. The first-order valence-corrected chi connectivity index (χ1v) is 21.0. The number of piperazine rings is 1. The number of halogens is 1. The molecule has 3 aliphatic heterocycles. The number of carbonyl (C=O) groups excluding carboxylic acids is 3. The third-order valence-corrected chi connectivity index (χ3v) is 12.5. The average molecular weight is 856 g/mol. The molecule has 2 amide bonds. The Bertz CT molecular complexity index is 2990. The quantitative estimate of drug-likeness (QED) is 0.195. The number of aliphatic hydroxyl groups is 1. The number of aromatic amines is 1. The van der Waals surface area contributed by atoms with Gasteiger partial charge >= 0.3 is 5.97 Å². The van der Waals surface area contributed by atoms with Crippen LogP contribution in [0.5, 0.6) is 5.75 Å². The molecule has 6 aromatic rings. The second kappa shape index (κ2) is 16.2. The molecule has 1 saturated heterocycles. The average Bonchev–Trinajstić information content (AvgIpc) is 4.08. The molecular formula is C47H46FN7O8. The monoisotopic (exact) mass is 855 g/mol. The zero-order valence-electron chi connectivity index (χ0n) is 35.1. The Balaban J connectivity index is 0.000000160. The van der Waals surface area contributed by atoms with Crippen LogP contribution in [0.2, 0.25) is 0 Å². The van der Waals surface area contributed by atoms with Crippen LogP contribution in [0.25, 0.3) is 33.1 Å². The summed E-state index contributed by atoms with van der Waals surface area (Å²) in [5.41, 5.74) is 3.15. The summed E-state index contributed by atoms with van der Waals surface area (Å²) in [6.45, 7) is 4.16. The summed E-state index contributed by atoms with van der Waals surface area (Å²) in [4.78, 5) is 72.9. The number of carbonyl (C=O) groups is 3. The van der Waals surface area contributed by atoms with Gasteiger partial charge in [0.15, 0.2) is 5.60 Å². The first kappa shape index (κ1) is 41.6. The van der Waals surface area contributed by atoms with Crippen LogP contribution >= 0.6 is 0 Å². The third-order valence-electron chi connectivity index (χ3n) is 12.5. The molecule has 324 valence electrons. The van der Waals surface area contributed by atoms with E-state index in [4.69, 9.17) is 9.72 Å². The predicted octanol–water partition coefficient (Wildman–Crippen LogP) is 4.19. The third kappa shape index (κ3) is 7.52. The molecular weight excluding hydrogens is 810 g/mol. The number of nitrogens with zero attached hydrogens (tertiary/aromatic N) is 6. The van der Waals surface area contributed by atoms with Gasteiger partial charge in [0.25, 0.3) is 17.0 Å². The lowest BCUT2D eigenvalue weighted by atomic mass is 9.86. The van der Waals surface area contributed by atoms with Crippen molar-refractivity contribution in [2.24, 2.45) is 5.92 Å². The minimum absolute atomic E-state index is 0.0122. The standard InChI is InChI=1S/C24H23FN4O3.C23H23N3O5/c25-20-8-5-15(14-21-17-3-1-2-4-18(17)22(30)27-26-21)13-19(20)24(32)29-11-9-28(10-12-29)23(31)16-6-7-16;1-4-23(30)16-8-18-20-12(9-26(18)21(28)15(16)11-31-22(23)29)7-13-14(10-25(2)3)19(27)6-5-17(13)24-20/h1-5,8,13,16H,6-7,9-12,14H2,(H,27,30);5-8,27,30H,4,9-11H2,1-3H3/t;23-/m.0/s1. The number of aromatic hydroxyl groups is 1. The molecule has 6 heterocycles. The Morgan fingerprint density at radius 1 is 0.952 bits per heavy atom. The van der Waals surface area contributed by atoms with E-state index in [1.54, 1.807) is 63.8 Å². The summed E-state index contributed by atoms with van der Waals surface area (Å²) < 4.78 is 21.3. The fourth-order valence-electron chi connectivity index (χ4n) is 8.82. The number of fused-ring (bicyclic) bond motifs is 6. The molecule has 15 nitrogen and oxygen atoms in total. The number of benzene rings is 3. The van der Waals surface area contributed by atoms with E-state index < -0.39 is 17.4 Å². The normalized spacial score (nSPS) is 17.8. The van der Waals surface area contributed by atoms with Crippen LogP contribution in [-0.2, 0) is 46.0 Å². The number of aromatic nitrogens is 4. The van der Waals surface area contributed by atoms with E-state index in [0.717, 1.165) is 40.3 Å². The van der Waals surface area contributed by atoms with Crippen LogP contribution < -0.4 is 11.1 Å². The van der Waals surface area contributed by atoms with Crippen molar-refractivity contribution in [3.8, 4) is 17.1 Å². The van der Waals surface area contributed by atoms with Gasteiger partial charge in [-0.25, -0.2) is 19.3 Å². The second-order valence-electron chi connectivity index (χ2n) is 16.9. The Labute approximate surface area is 360 Å². The number of hydrogen-bond donors (Lipinski definition) is 3. The van der Waals surface area contributed by atoms with E-state index in [2.05, 4.69) is 10.2 Å². The second-order valence-corrected chi connectivity index (χ2v) is 16.9. The van der Waals surface area contributed by atoms with E-state index in [9.17, 15) is 38.6 Å². The number of phenols is 1. The lowest BCUT2D eigenvalue weighted by molar-refractivity contribution is -0.172. The molecule has 63 heavy (non-hydrogen) atoms. The highest BCUT2D eigenvalue weighted by Crippen LogP contribution is 2.40. The van der Waals surface area contributed by atoms with Gasteiger partial charge in [-0.1, -0.05) is 31.2 Å². The van der Waals surface area contributed by atoms with Crippen LogP contribution in [0, 0.1) is 11.7 Å². The zero-order valence-corrected chi connectivity index (χ0v) is 35.1. The van der Waals surface area contributed by atoms with E-state index in [1.165, 1.54) is 6.07 Å². The first-order chi connectivity index (χ1) is 30.2. The minimum atomic E-state index is -1.84. The number of rotatable bonds is 7. The van der Waals surface area contributed by atoms with E-state index in [0.29, 0.717) is 84.8 Å². The van der Waals surface area contributed by atoms with Crippen molar-refractivity contribution in [1.82, 2.24) is 34.4 Å². The number of phenolic OH excluding ortho intramolecular Hbond substituents is 1. The van der Waals surface area contributed by atoms with Gasteiger partial charge in [0, 0.05) is 72.5 Å². The molecule has 0 radical (unpaired) electrons. The van der Waals surface area contributed by atoms with Gasteiger partial charge in [-0.05, 0) is 81.4 Å². The van der Waals surface area contributed by atoms with Crippen molar-refractivity contribution in [2.75, 3.05) is 40.3 Å². The number of H-pyrrole nitrogens is 1. The number of amides is 2. The fraction of sp³-hybridized carbons (Fsp3) is 0.340. The Hall–Kier alpha value is -6.78. The van der Waals surface area contributed by atoms with Gasteiger partial charge in [0.1, 0.15) is 18.2 Å². The van der Waals surface area contributed by atoms with Crippen LogP contribution in [0.4, 0.5) is 4.39 Å². The molecule has 4 aliphatic rings. The minimum Gasteiger partial charge on any atom is -0.508 e. The molecule has 1 aliphatic carbocycles. The Kier molecular flexibility index (Phi) is 10.7. The summed E-state index contributed by atoms with van der Waals surface area (Å²) in [7, 11) is 3.86. The maximum atomic E-state index is 14.6. The van der Waals surface area contributed by atoms with E-state index in [-0.39, 0.29) is 53.2 Å². The molecule has 2 fully saturated rings. The zero-order chi connectivity index (χ0) is 44.3. The molecule has 3 aromatic carbocycles. The maximum absolute atomic E-state index is 14.6. The lowest BCUT2D eigenvalue weighted by Gasteiger charge is -2.35. The molecule has 16 heteroatoms. The number of esters is 1. The maximum Gasteiger partial charge on any atom is 0.343 e. The van der Waals surface area contributed by atoms with Crippen LogP contribution in [0.1, 0.15) is 70.1 Å². The molecule has 10 rings (SSSR count). The van der Waals surface area contributed by atoms with Crippen molar-refractivity contribution in [1.29, 1.82) is 0 Å². The predicted molar refractivity (Wildman–Crippen MR) is 230 cm³/mol. The molecule has 1 saturated carbocycles. The Morgan fingerprint density at radius 3 is 2.40 bits per heavy atom. The number of hydrogen-bond acceptors (Lipinski definition) is 11. The van der Waals surface area contributed by atoms with Gasteiger partial charge in [0.05, 0.1) is 45.7 Å². The van der Waals surface area contributed by atoms with Crippen molar-refractivity contribution < 1.29 is 33.7 Å². The highest BCUT2D eigenvalue weighted by atomic mass is 19.1. The fourth-order valence-corrected chi connectivity index (χ4v) is 8.82. The number of cyclic esters (lactones) is 1. The van der Waals surface area contributed by atoms with Crippen LogP contribution in [0.15, 0.2) is 76.3 Å². The van der Waals surface area contributed by atoms with Crippen LogP contribution in [-0.4, -0.2) is 103 Å². The number of pyridine rings is 2. The summed E-state index contributed by atoms with van der Waals surface area (Å²) >= 11 is 0. The first-order valence-electron chi connectivity index (χ1n) is 21.0. The highest BCUT2D eigenvalue weighted by Gasteiger charge is 2.45. The molecule has 0 spiro atoms. The number of ether oxygens (including phenoxy) is 1. The van der Waals surface area contributed by atoms with Crippen molar-refractivity contribution in [2.45, 2.75) is 57.9 Å². The largest absolute Gasteiger partial charge is 0.508 e. The van der Waals surface area contributed by atoms with Gasteiger partial charge in [-0.2, -0.15) is 5.10 Å². The van der Waals surface area contributed by atoms with Crippen molar-refractivity contribution >= 4 is 39.5 Å². The van der Waals surface area contributed by atoms with Gasteiger partial charge in [0.2, 0.25) is 5.91 Å². The highest BCUT2D eigenvalue weighted by molar-refractivity contribution is 5.95. The summed E-state index contributed by atoms with van der Waals surface area (Å²) in [5, 5.41) is 30.1. The molecule has 3 aromatic heterocycles. The SMILES string of the molecule is CC[C@@]1(O)C(=O)OCc2c1cc1n(c2=O)Cc2cc3c(CN(C)C)c(O)ccc3nc2-1.O=C(c1cc(Cc2n[nH]c(=O)c3ccccc23)ccc1F)N1CCN(C(=O)C2CC2)CC1. The molecule has 0 unspecified atom stereocenters. The molecule has 1 atom stereocenters. The van der Waals surface area contributed by atoms with Crippen molar-refractivity contribution in [3.05, 3.63) is 132 Å². The topological polar surface area (TPSA) is 191 Å². The van der Waals surface area contributed by atoms with Gasteiger partial charge < -0.3 is 34.2 Å². The van der Waals surface area contributed by atoms with Gasteiger partial charge in [-0.15, -0.1) is 0 Å².